The highest BCUT2D eigenvalue weighted by Gasteiger charge is 2.29. The summed E-state index contributed by atoms with van der Waals surface area (Å²) in [7, 11) is 0. The van der Waals surface area contributed by atoms with E-state index in [-0.39, 0.29) is 18.0 Å². The van der Waals surface area contributed by atoms with Crippen molar-refractivity contribution in [1.82, 2.24) is 30.0 Å². The quantitative estimate of drug-likeness (QED) is 0.491. The maximum absolute atomic E-state index is 12.4. The molecule has 0 atom stereocenters. The number of anilines is 2. The van der Waals surface area contributed by atoms with Crippen molar-refractivity contribution in [2.75, 3.05) is 49.1 Å². The number of primary amides is 1. The van der Waals surface area contributed by atoms with Gasteiger partial charge >= 0.3 is 6.03 Å². The van der Waals surface area contributed by atoms with Crippen molar-refractivity contribution < 1.29 is 14.4 Å². The number of piperidine rings is 2. The van der Waals surface area contributed by atoms with Crippen LogP contribution in [-0.4, -0.2) is 81.8 Å². The van der Waals surface area contributed by atoms with Crippen LogP contribution in [0.2, 0.25) is 0 Å². The molecule has 12 nitrogen and oxygen atoms in total. The standard InChI is InChI=1S/C27H33N9O3/c28-25(38)21-1-2-23(32-31-21)34-13-4-18(5-14-34)17-33-11-6-19(7-12-33)35-15-8-20-22(35)3-10-29-26(20)36-16-9-24(37)30-27(36)39/h1-3,8,10,15,18-19H,4-7,9,11-14,16-17H2,(H2,28,38)(H,30,37,39). The van der Waals surface area contributed by atoms with Gasteiger partial charge in [0.25, 0.3) is 5.91 Å². The lowest BCUT2D eigenvalue weighted by Crippen LogP contribution is -2.49. The summed E-state index contributed by atoms with van der Waals surface area (Å²) in [5.74, 6) is 1.25. The van der Waals surface area contributed by atoms with Gasteiger partial charge in [0, 0.05) is 69.5 Å². The van der Waals surface area contributed by atoms with Crippen LogP contribution in [0.3, 0.4) is 0 Å². The van der Waals surface area contributed by atoms with Crippen molar-refractivity contribution in [2.24, 2.45) is 11.7 Å². The lowest BCUT2D eigenvalue weighted by Gasteiger charge is -2.38. The minimum atomic E-state index is -0.562. The molecule has 0 spiro atoms. The number of urea groups is 1. The van der Waals surface area contributed by atoms with Crippen LogP contribution in [0.1, 0.15) is 48.6 Å². The second-order valence-corrected chi connectivity index (χ2v) is 10.6. The highest BCUT2D eigenvalue weighted by molar-refractivity contribution is 6.08. The molecule has 0 aromatic carbocycles. The summed E-state index contributed by atoms with van der Waals surface area (Å²) >= 11 is 0. The molecule has 0 bridgehead atoms. The molecule has 3 aliphatic rings. The predicted octanol–water partition coefficient (Wildman–Crippen LogP) is 1.92. The van der Waals surface area contributed by atoms with Gasteiger partial charge in [-0.15, -0.1) is 10.2 Å². The van der Waals surface area contributed by atoms with E-state index in [0.717, 1.165) is 75.1 Å². The van der Waals surface area contributed by atoms with Crippen LogP contribution >= 0.6 is 0 Å². The largest absolute Gasteiger partial charge is 0.364 e. The van der Waals surface area contributed by atoms with Gasteiger partial charge in [-0.3, -0.25) is 19.8 Å². The van der Waals surface area contributed by atoms with Gasteiger partial charge in [-0.25, -0.2) is 9.78 Å². The average molecular weight is 532 g/mol. The van der Waals surface area contributed by atoms with E-state index in [1.165, 1.54) is 0 Å². The SMILES string of the molecule is NC(=O)c1ccc(N2CCC(CN3CCC(n4ccc5c(N6CCC(=O)NC6=O)nccc54)CC3)CC2)nn1. The Morgan fingerprint density at radius 2 is 1.77 bits per heavy atom. The Morgan fingerprint density at radius 3 is 2.46 bits per heavy atom. The smallest absolute Gasteiger partial charge is 0.329 e. The molecule has 39 heavy (non-hydrogen) atoms. The normalized spacial score (nSPS) is 20.0. The number of fused-ring (bicyclic) bond motifs is 1. The van der Waals surface area contributed by atoms with Gasteiger partial charge in [0.15, 0.2) is 11.5 Å². The van der Waals surface area contributed by atoms with Crippen LogP contribution < -0.4 is 20.9 Å². The van der Waals surface area contributed by atoms with Crippen LogP contribution in [0.5, 0.6) is 0 Å². The molecular weight excluding hydrogens is 498 g/mol. The van der Waals surface area contributed by atoms with Crippen molar-refractivity contribution in [2.45, 2.75) is 38.1 Å². The lowest BCUT2D eigenvalue weighted by molar-refractivity contribution is -0.120. The second kappa shape index (κ2) is 10.6. The van der Waals surface area contributed by atoms with Crippen molar-refractivity contribution in [3.8, 4) is 0 Å². The van der Waals surface area contributed by atoms with E-state index < -0.39 is 11.9 Å². The molecule has 3 fully saturated rings. The minimum absolute atomic E-state index is 0.189. The molecule has 0 radical (unpaired) electrons. The molecule has 6 heterocycles. The molecule has 0 unspecified atom stereocenters. The number of nitrogens with one attached hydrogen (secondary N) is 1. The van der Waals surface area contributed by atoms with E-state index in [4.69, 9.17) is 5.73 Å². The number of nitrogens with zero attached hydrogens (tertiary/aromatic N) is 7. The molecule has 3 aromatic heterocycles. The van der Waals surface area contributed by atoms with Crippen LogP contribution in [0.4, 0.5) is 16.4 Å². The van der Waals surface area contributed by atoms with Gasteiger partial charge in [0.1, 0.15) is 5.82 Å². The van der Waals surface area contributed by atoms with Crippen molar-refractivity contribution >= 4 is 40.4 Å². The first-order valence-electron chi connectivity index (χ1n) is 13.6. The fourth-order valence-electron chi connectivity index (χ4n) is 6.09. The number of amides is 4. The van der Waals surface area contributed by atoms with E-state index in [2.05, 4.69) is 41.1 Å². The Morgan fingerprint density at radius 1 is 0.974 bits per heavy atom. The third-order valence-electron chi connectivity index (χ3n) is 8.24. The summed E-state index contributed by atoms with van der Waals surface area (Å²) < 4.78 is 2.33. The van der Waals surface area contributed by atoms with Crippen LogP contribution in [0.25, 0.3) is 10.9 Å². The number of pyridine rings is 1. The highest BCUT2D eigenvalue weighted by Crippen LogP contribution is 2.33. The Bertz CT molecular complexity index is 1370. The summed E-state index contributed by atoms with van der Waals surface area (Å²) in [6, 6.07) is 7.50. The molecule has 12 heteroatoms. The summed E-state index contributed by atoms with van der Waals surface area (Å²) in [6.45, 7) is 5.42. The van der Waals surface area contributed by atoms with E-state index >= 15 is 0 Å². The maximum atomic E-state index is 12.4. The third-order valence-corrected chi connectivity index (χ3v) is 8.24. The van der Waals surface area contributed by atoms with Gasteiger partial charge in [0.05, 0.1) is 5.52 Å². The van der Waals surface area contributed by atoms with E-state index in [9.17, 15) is 14.4 Å². The Labute approximate surface area is 226 Å². The number of imide groups is 1. The second-order valence-electron chi connectivity index (χ2n) is 10.6. The summed E-state index contributed by atoms with van der Waals surface area (Å²) in [4.78, 5) is 46.1. The molecule has 0 aliphatic carbocycles. The van der Waals surface area contributed by atoms with Crippen LogP contribution in [0.15, 0.2) is 36.7 Å². The number of hydrogen-bond donors (Lipinski definition) is 2. The van der Waals surface area contributed by atoms with Gasteiger partial charge in [-0.05, 0) is 55.9 Å². The number of nitrogens with two attached hydrogens (primary N) is 1. The van der Waals surface area contributed by atoms with Gasteiger partial charge in [-0.2, -0.15) is 0 Å². The molecule has 4 amide bonds. The minimum Gasteiger partial charge on any atom is -0.364 e. The van der Waals surface area contributed by atoms with E-state index in [0.29, 0.717) is 24.3 Å². The third kappa shape index (κ3) is 5.16. The van der Waals surface area contributed by atoms with Crippen LogP contribution in [-0.2, 0) is 4.79 Å². The number of rotatable bonds is 6. The topological polar surface area (TPSA) is 143 Å². The highest BCUT2D eigenvalue weighted by atomic mass is 16.2. The van der Waals surface area contributed by atoms with Crippen molar-refractivity contribution in [3.05, 3.63) is 42.4 Å². The monoisotopic (exact) mass is 531 g/mol. The van der Waals surface area contributed by atoms with Crippen LogP contribution in [0, 0.1) is 5.92 Å². The fraction of sp³-hybridized carbons (Fsp3) is 0.481. The molecule has 204 valence electrons. The zero-order chi connectivity index (χ0) is 26.9. The van der Waals surface area contributed by atoms with Gasteiger partial charge in [-0.1, -0.05) is 0 Å². The molecule has 6 rings (SSSR count). The van der Waals surface area contributed by atoms with E-state index in [1.54, 1.807) is 17.2 Å². The number of carbonyl (C=O) groups is 3. The molecule has 3 aromatic rings. The molecule has 3 saturated heterocycles. The Balaban J connectivity index is 1.03. The van der Waals surface area contributed by atoms with Gasteiger partial charge < -0.3 is 20.1 Å². The number of carbonyl (C=O) groups excluding carboxylic acids is 3. The number of aromatic nitrogens is 4. The van der Waals surface area contributed by atoms with Gasteiger partial charge in [0.2, 0.25) is 5.91 Å². The molecule has 0 saturated carbocycles. The maximum Gasteiger partial charge on any atom is 0.329 e. The molecule has 3 N–H and O–H groups in total. The van der Waals surface area contributed by atoms with Crippen molar-refractivity contribution in [1.29, 1.82) is 0 Å². The number of likely N-dealkylation sites (tertiary alicyclic amines) is 1. The fourth-order valence-corrected chi connectivity index (χ4v) is 6.09. The summed E-state index contributed by atoms with van der Waals surface area (Å²) in [5, 5.41) is 11.4. The predicted molar refractivity (Wildman–Crippen MR) is 145 cm³/mol. The Hall–Kier alpha value is -4.06. The van der Waals surface area contributed by atoms with E-state index in [1.807, 2.05) is 18.2 Å². The summed E-state index contributed by atoms with van der Waals surface area (Å²) in [5.41, 5.74) is 6.53. The average Bonchev–Trinajstić information content (AvgIpc) is 3.39. The van der Waals surface area contributed by atoms with Crippen molar-refractivity contribution in [3.63, 3.8) is 0 Å². The first kappa shape index (κ1) is 25.2. The lowest BCUT2D eigenvalue weighted by atomic mass is 9.94. The zero-order valence-corrected chi connectivity index (χ0v) is 21.8. The molecular formula is C27H33N9O3. The first-order chi connectivity index (χ1) is 19.0. The summed E-state index contributed by atoms with van der Waals surface area (Å²) in [6.07, 6.45) is 8.48. The number of hydrogen-bond acceptors (Lipinski definition) is 8. The zero-order valence-electron chi connectivity index (χ0n) is 21.8. The molecule has 3 aliphatic heterocycles. The first-order valence-corrected chi connectivity index (χ1v) is 13.6. The Kier molecular flexibility index (Phi) is 6.86.